The molecular weight excluding hydrogens is 256 g/mol. The van der Waals surface area contributed by atoms with E-state index in [1.807, 2.05) is 0 Å². The van der Waals surface area contributed by atoms with Crippen LogP contribution < -0.4 is 5.32 Å². The van der Waals surface area contributed by atoms with Gasteiger partial charge in [0.25, 0.3) is 10.2 Å². The highest BCUT2D eigenvalue weighted by Crippen LogP contribution is 2.10. The van der Waals surface area contributed by atoms with Crippen molar-refractivity contribution in [2.24, 2.45) is 0 Å². The number of amides is 1. The highest BCUT2D eigenvalue weighted by molar-refractivity contribution is 7.86. The molecule has 0 spiro atoms. The molecule has 1 saturated heterocycles. The summed E-state index contributed by atoms with van der Waals surface area (Å²) in [6.45, 7) is 2.32. The number of carbonyl (C=O) groups excluding carboxylic acids is 1. The Balaban J connectivity index is 2.49. The van der Waals surface area contributed by atoms with E-state index in [-0.39, 0.29) is 5.91 Å². The second kappa shape index (κ2) is 6.46. The minimum absolute atomic E-state index is 0.0752. The second-order valence-corrected chi connectivity index (χ2v) is 6.57. The summed E-state index contributed by atoms with van der Waals surface area (Å²) in [5.41, 5.74) is 0. The molecule has 18 heavy (non-hydrogen) atoms. The lowest BCUT2D eigenvalue weighted by Gasteiger charge is -2.35. The van der Waals surface area contributed by atoms with Gasteiger partial charge in [-0.3, -0.25) is 4.79 Å². The van der Waals surface area contributed by atoms with E-state index in [1.54, 1.807) is 11.9 Å². The van der Waals surface area contributed by atoms with Gasteiger partial charge in [-0.15, -0.1) is 0 Å². The van der Waals surface area contributed by atoms with Crippen LogP contribution in [0.5, 0.6) is 0 Å². The van der Waals surface area contributed by atoms with Crippen LogP contribution in [0.25, 0.3) is 0 Å². The average Bonchev–Trinajstić information content (AvgIpc) is 2.35. The van der Waals surface area contributed by atoms with Crippen molar-refractivity contribution in [2.75, 3.05) is 53.9 Å². The summed E-state index contributed by atoms with van der Waals surface area (Å²) in [6, 6.07) is 0. The third-order valence-corrected chi connectivity index (χ3v) is 4.91. The Bertz CT molecular complexity index is 375. The maximum atomic E-state index is 11.9. The highest BCUT2D eigenvalue weighted by atomic mass is 32.2. The Morgan fingerprint density at radius 1 is 1.22 bits per heavy atom. The molecule has 0 aromatic carbocycles. The summed E-state index contributed by atoms with van der Waals surface area (Å²) < 4.78 is 26.4. The summed E-state index contributed by atoms with van der Waals surface area (Å²) in [7, 11) is 1.48. The smallest absolute Gasteiger partial charge is 0.281 e. The second-order valence-electron chi connectivity index (χ2n) is 4.42. The third kappa shape index (κ3) is 3.64. The number of rotatable bonds is 5. The van der Waals surface area contributed by atoms with E-state index in [0.29, 0.717) is 39.1 Å². The van der Waals surface area contributed by atoms with Crippen LogP contribution in [0.2, 0.25) is 0 Å². The molecule has 0 aliphatic carbocycles. The Hall–Kier alpha value is -0.700. The Labute approximate surface area is 109 Å². The molecule has 0 aromatic heterocycles. The normalized spacial score (nSPS) is 18.3. The van der Waals surface area contributed by atoms with E-state index in [4.69, 9.17) is 0 Å². The molecule has 106 valence electrons. The van der Waals surface area contributed by atoms with Crippen LogP contribution in [0.3, 0.4) is 0 Å². The third-order valence-electron chi connectivity index (χ3n) is 2.97. The Morgan fingerprint density at radius 3 is 2.22 bits per heavy atom. The van der Waals surface area contributed by atoms with Crippen LogP contribution in [0.1, 0.15) is 6.42 Å². The first-order chi connectivity index (χ1) is 8.39. The van der Waals surface area contributed by atoms with Crippen molar-refractivity contribution in [3.63, 3.8) is 0 Å². The number of piperazine rings is 1. The predicted octanol–water partition coefficient (Wildman–Crippen LogP) is -1.45. The van der Waals surface area contributed by atoms with E-state index in [1.165, 1.54) is 22.7 Å². The monoisotopic (exact) mass is 278 g/mol. The molecule has 8 heteroatoms. The van der Waals surface area contributed by atoms with Crippen molar-refractivity contribution < 1.29 is 13.2 Å². The van der Waals surface area contributed by atoms with Crippen molar-refractivity contribution in [1.82, 2.24) is 18.8 Å². The minimum Gasteiger partial charge on any atom is -0.340 e. The van der Waals surface area contributed by atoms with Crippen LogP contribution in [-0.4, -0.2) is 81.7 Å². The first-order valence-electron chi connectivity index (χ1n) is 5.99. The van der Waals surface area contributed by atoms with E-state index < -0.39 is 10.2 Å². The summed E-state index contributed by atoms with van der Waals surface area (Å²) in [5.74, 6) is 0.0752. The first-order valence-corrected chi connectivity index (χ1v) is 7.39. The maximum Gasteiger partial charge on any atom is 0.281 e. The molecule has 0 aromatic rings. The average molecular weight is 278 g/mol. The van der Waals surface area contributed by atoms with Gasteiger partial charge in [-0.2, -0.15) is 17.0 Å². The van der Waals surface area contributed by atoms with Crippen molar-refractivity contribution in [1.29, 1.82) is 0 Å². The fourth-order valence-corrected chi connectivity index (χ4v) is 2.88. The lowest BCUT2D eigenvalue weighted by Crippen LogP contribution is -2.53. The van der Waals surface area contributed by atoms with Gasteiger partial charge < -0.3 is 10.2 Å². The molecule has 0 saturated carbocycles. The largest absolute Gasteiger partial charge is 0.340 e. The van der Waals surface area contributed by atoms with Crippen molar-refractivity contribution in [3.8, 4) is 0 Å². The van der Waals surface area contributed by atoms with E-state index in [9.17, 15) is 13.2 Å². The molecule has 1 rings (SSSR count). The molecule has 1 heterocycles. The van der Waals surface area contributed by atoms with Crippen LogP contribution in [0, 0.1) is 0 Å². The minimum atomic E-state index is -3.35. The van der Waals surface area contributed by atoms with Crippen LogP contribution >= 0.6 is 0 Å². The van der Waals surface area contributed by atoms with E-state index >= 15 is 0 Å². The van der Waals surface area contributed by atoms with Gasteiger partial charge in [-0.05, 0) is 7.05 Å². The van der Waals surface area contributed by atoms with Gasteiger partial charge in [0, 0.05) is 53.2 Å². The maximum absolute atomic E-state index is 11.9. The summed E-state index contributed by atoms with van der Waals surface area (Å²) in [6.07, 6.45) is 0.455. The number of hydrogen-bond donors (Lipinski definition) is 1. The molecule has 1 aliphatic heterocycles. The standard InChI is InChI=1S/C10H22N4O3S/c1-11-5-4-10(15)13-6-8-14(9-7-13)18(16,17)12(2)3/h11H,4-9H2,1-3H3. The van der Waals surface area contributed by atoms with Gasteiger partial charge in [0.05, 0.1) is 0 Å². The van der Waals surface area contributed by atoms with Crippen LogP contribution in [0.15, 0.2) is 0 Å². The SMILES string of the molecule is CNCCC(=O)N1CCN(S(=O)(=O)N(C)C)CC1. The van der Waals surface area contributed by atoms with E-state index in [2.05, 4.69) is 5.32 Å². The van der Waals surface area contributed by atoms with Gasteiger partial charge in [0.2, 0.25) is 5.91 Å². The first kappa shape index (κ1) is 15.4. The van der Waals surface area contributed by atoms with Crippen LogP contribution in [0.4, 0.5) is 0 Å². The molecule has 0 bridgehead atoms. The zero-order valence-electron chi connectivity index (χ0n) is 11.2. The van der Waals surface area contributed by atoms with Crippen molar-refractivity contribution in [2.45, 2.75) is 6.42 Å². The summed E-state index contributed by atoms with van der Waals surface area (Å²) in [5, 5.41) is 2.93. The lowest BCUT2D eigenvalue weighted by molar-refractivity contribution is -0.132. The lowest BCUT2D eigenvalue weighted by atomic mass is 10.3. The zero-order valence-corrected chi connectivity index (χ0v) is 12.0. The number of carbonyl (C=O) groups is 1. The molecule has 1 fully saturated rings. The number of nitrogens with zero attached hydrogens (tertiary/aromatic N) is 3. The topological polar surface area (TPSA) is 73.0 Å². The molecule has 1 N–H and O–H groups in total. The van der Waals surface area contributed by atoms with Gasteiger partial charge in [-0.25, -0.2) is 0 Å². The Kier molecular flexibility index (Phi) is 5.51. The molecule has 0 atom stereocenters. The van der Waals surface area contributed by atoms with Crippen LogP contribution in [-0.2, 0) is 15.0 Å². The highest BCUT2D eigenvalue weighted by Gasteiger charge is 2.29. The quantitative estimate of drug-likeness (QED) is 0.667. The molecule has 7 nitrogen and oxygen atoms in total. The molecule has 1 amide bonds. The summed E-state index contributed by atoms with van der Waals surface area (Å²) >= 11 is 0. The fourth-order valence-electron chi connectivity index (χ4n) is 1.79. The van der Waals surface area contributed by atoms with Gasteiger partial charge in [0.15, 0.2) is 0 Å². The number of hydrogen-bond acceptors (Lipinski definition) is 4. The molecular formula is C10H22N4O3S. The van der Waals surface area contributed by atoms with Gasteiger partial charge in [0.1, 0.15) is 0 Å². The van der Waals surface area contributed by atoms with Crippen molar-refractivity contribution >= 4 is 16.1 Å². The Morgan fingerprint density at radius 2 is 1.78 bits per heavy atom. The number of nitrogens with one attached hydrogen (secondary N) is 1. The van der Waals surface area contributed by atoms with Gasteiger partial charge in [-0.1, -0.05) is 0 Å². The fraction of sp³-hybridized carbons (Fsp3) is 0.900. The molecule has 0 unspecified atom stereocenters. The molecule has 0 radical (unpaired) electrons. The van der Waals surface area contributed by atoms with E-state index in [0.717, 1.165) is 0 Å². The summed E-state index contributed by atoms with van der Waals surface area (Å²) in [4.78, 5) is 13.5. The van der Waals surface area contributed by atoms with Gasteiger partial charge >= 0.3 is 0 Å². The predicted molar refractivity (Wildman–Crippen MR) is 69.3 cm³/mol. The van der Waals surface area contributed by atoms with Crippen molar-refractivity contribution in [3.05, 3.63) is 0 Å². The zero-order chi connectivity index (χ0) is 13.8. The molecule has 1 aliphatic rings.